The van der Waals surface area contributed by atoms with Crippen molar-refractivity contribution in [1.29, 1.82) is 0 Å². The second-order valence-corrected chi connectivity index (χ2v) is 8.07. The van der Waals surface area contributed by atoms with E-state index in [4.69, 9.17) is 0 Å². The zero-order valence-electron chi connectivity index (χ0n) is 8.56. The first-order valence-corrected chi connectivity index (χ1v) is 7.45. The van der Waals surface area contributed by atoms with Gasteiger partial charge in [-0.05, 0) is 18.1 Å². The Hall–Kier alpha value is -0.343. The summed E-state index contributed by atoms with van der Waals surface area (Å²) >= 11 is 0. The summed E-state index contributed by atoms with van der Waals surface area (Å²) < 4.78 is 0. The van der Waals surface area contributed by atoms with Crippen molar-refractivity contribution in [3.63, 3.8) is 0 Å². The molecule has 0 aliphatic heterocycles. The van der Waals surface area contributed by atoms with Crippen LogP contribution in [0.25, 0.3) is 0 Å². The normalized spacial score (nSPS) is 11.7. The molecule has 0 bridgehead atoms. The van der Waals surface area contributed by atoms with E-state index in [-0.39, 0.29) is 0 Å². The van der Waals surface area contributed by atoms with Gasteiger partial charge in [0.15, 0.2) is 0 Å². The molecule has 12 heavy (non-hydrogen) atoms. The molecular weight excluding hydrogens is 162 g/mol. The summed E-state index contributed by atoms with van der Waals surface area (Å²) in [4.78, 5) is 3.65. The molecule has 0 atom stereocenters. The summed E-state index contributed by atoms with van der Waals surface area (Å²) in [6.07, 6.45) is 4.04. The van der Waals surface area contributed by atoms with Crippen molar-refractivity contribution in [2.45, 2.75) is 38.5 Å². The summed E-state index contributed by atoms with van der Waals surface area (Å²) in [5.74, 6) is 0. The van der Waals surface area contributed by atoms with Gasteiger partial charge in [0.05, 0.1) is 0 Å². The first-order valence-electron chi connectivity index (χ1n) is 4.53. The fraction of sp³-hybridized carbons (Fsp3) is 0.600. The number of rotatable bonds is 6. The minimum Gasteiger partial charge on any atom is -0.335 e. The van der Waals surface area contributed by atoms with E-state index < -0.39 is 8.24 Å². The first kappa shape index (κ1) is 11.7. The van der Waals surface area contributed by atoms with Crippen molar-refractivity contribution in [2.24, 2.45) is 0 Å². The molecule has 0 fully saturated rings. The van der Waals surface area contributed by atoms with E-state index in [0.717, 1.165) is 12.1 Å². The van der Waals surface area contributed by atoms with E-state index in [9.17, 15) is 0 Å². The monoisotopic (exact) mass is 183 g/mol. The van der Waals surface area contributed by atoms with Crippen LogP contribution in [0.2, 0.25) is 18.6 Å². The van der Waals surface area contributed by atoms with E-state index in [0.29, 0.717) is 6.04 Å². The van der Waals surface area contributed by atoms with Crippen LogP contribution in [0.15, 0.2) is 25.3 Å². The van der Waals surface area contributed by atoms with Gasteiger partial charge in [-0.1, -0.05) is 32.5 Å². The minimum atomic E-state index is -1.30. The Morgan fingerprint density at radius 2 is 1.67 bits per heavy atom. The van der Waals surface area contributed by atoms with Crippen LogP contribution in [0.5, 0.6) is 0 Å². The van der Waals surface area contributed by atoms with Gasteiger partial charge in [-0.25, -0.2) is 0 Å². The third-order valence-corrected chi connectivity index (χ3v) is 5.48. The van der Waals surface area contributed by atoms with Gasteiger partial charge in [-0.3, -0.25) is 0 Å². The van der Waals surface area contributed by atoms with Crippen molar-refractivity contribution >= 4 is 8.24 Å². The highest BCUT2D eigenvalue weighted by Gasteiger charge is 2.24. The molecule has 0 aliphatic carbocycles. The Kier molecular flexibility index (Phi) is 5.18. The molecule has 0 unspecified atom stereocenters. The van der Waals surface area contributed by atoms with Crippen molar-refractivity contribution in [3.8, 4) is 0 Å². The molecule has 0 aromatic carbocycles. The number of hydrogen-bond acceptors (Lipinski definition) is 1. The second-order valence-electron chi connectivity index (χ2n) is 3.85. The molecule has 0 saturated heterocycles. The van der Waals surface area contributed by atoms with E-state index in [1.165, 1.54) is 0 Å². The fourth-order valence-corrected chi connectivity index (χ4v) is 4.61. The lowest BCUT2D eigenvalue weighted by atomic mass is 10.4. The highest BCUT2D eigenvalue weighted by molar-refractivity contribution is 6.77. The molecule has 0 aromatic rings. The summed E-state index contributed by atoms with van der Waals surface area (Å²) in [5.41, 5.74) is 0. The molecule has 0 aliphatic rings. The first-order chi connectivity index (χ1) is 5.54. The molecule has 1 N–H and O–H groups in total. The number of allylic oxidation sites excluding steroid dienone is 2. The number of nitrogens with one attached hydrogen (secondary N) is 1. The van der Waals surface area contributed by atoms with Crippen molar-refractivity contribution in [3.05, 3.63) is 25.3 Å². The lowest BCUT2D eigenvalue weighted by Crippen LogP contribution is -2.50. The summed E-state index contributed by atoms with van der Waals surface area (Å²) in [5, 5.41) is 0. The average Bonchev–Trinajstić information content (AvgIpc) is 1.85. The standard InChI is InChI=1S/C10H21NSi/c1-6-8-12(5,9-7-2)11-10(3)4/h6-7,10-11H,1-2,8-9H2,3-5H3. The topological polar surface area (TPSA) is 12.0 Å². The molecule has 1 nitrogen and oxygen atoms in total. The second kappa shape index (κ2) is 5.33. The van der Waals surface area contributed by atoms with Crippen LogP contribution in [-0.2, 0) is 0 Å². The minimum absolute atomic E-state index is 0.571. The molecular formula is C10H21NSi. The van der Waals surface area contributed by atoms with Gasteiger partial charge in [0.2, 0.25) is 0 Å². The van der Waals surface area contributed by atoms with Crippen LogP contribution >= 0.6 is 0 Å². The predicted octanol–water partition coefficient (Wildman–Crippen LogP) is 2.93. The molecule has 0 radical (unpaired) electrons. The van der Waals surface area contributed by atoms with Crippen LogP contribution in [0, 0.1) is 0 Å². The largest absolute Gasteiger partial charge is 0.335 e. The zero-order valence-corrected chi connectivity index (χ0v) is 9.56. The maximum absolute atomic E-state index is 3.80. The van der Waals surface area contributed by atoms with Crippen LogP contribution in [0.3, 0.4) is 0 Å². The fourth-order valence-electron chi connectivity index (χ4n) is 1.54. The average molecular weight is 183 g/mol. The van der Waals surface area contributed by atoms with Crippen LogP contribution in [0.1, 0.15) is 13.8 Å². The Balaban J connectivity index is 4.15. The van der Waals surface area contributed by atoms with Gasteiger partial charge in [-0.2, -0.15) is 0 Å². The summed E-state index contributed by atoms with van der Waals surface area (Å²) in [7, 11) is -1.30. The SMILES string of the molecule is C=CC[Si](C)(CC=C)NC(C)C. The quantitative estimate of drug-likeness (QED) is 0.493. The van der Waals surface area contributed by atoms with E-state index in [1.807, 2.05) is 12.2 Å². The van der Waals surface area contributed by atoms with Crippen molar-refractivity contribution < 1.29 is 0 Å². The zero-order chi connectivity index (χ0) is 9.61. The van der Waals surface area contributed by atoms with Crippen molar-refractivity contribution in [1.82, 2.24) is 4.98 Å². The van der Waals surface area contributed by atoms with Gasteiger partial charge >= 0.3 is 0 Å². The molecule has 0 aromatic heterocycles. The van der Waals surface area contributed by atoms with Crippen molar-refractivity contribution in [2.75, 3.05) is 0 Å². The molecule has 0 rings (SSSR count). The van der Waals surface area contributed by atoms with Gasteiger partial charge in [0, 0.05) is 0 Å². The van der Waals surface area contributed by atoms with Crippen LogP contribution in [0.4, 0.5) is 0 Å². The molecule has 0 heterocycles. The Bertz CT molecular complexity index is 142. The molecule has 0 amide bonds. The van der Waals surface area contributed by atoms with Gasteiger partial charge in [-0.15, -0.1) is 13.2 Å². The Morgan fingerprint density at radius 3 is 1.92 bits per heavy atom. The highest BCUT2D eigenvalue weighted by atomic mass is 28.3. The Labute approximate surface area is 77.7 Å². The van der Waals surface area contributed by atoms with Crippen LogP contribution in [-0.4, -0.2) is 14.3 Å². The lowest BCUT2D eigenvalue weighted by Gasteiger charge is -2.28. The molecule has 2 heteroatoms. The van der Waals surface area contributed by atoms with E-state index in [2.05, 4.69) is 38.5 Å². The van der Waals surface area contributed by atoms with Gasteiger partial charge < -0.3 is 4.98 Å². The maximum atomic E-state index is 3.80. The van der Waals surface area contributed by atoms with Gasteiger partial charge in [0.1, 0.15) is 8.24 Å². The summed E-state index contributed by atoms with van der Waals surface area (Å²) in [6.45, 7) is 14.3. The lowest BCUT2D eigenvalue weighted by molar-refractivity contribution is 0.728. The third-order valence-electron chi connectivity index (χ3n) is 1.83. The molecule has 0 saturated carbocycles. The maximum Gasteiger partial charge on any atom is 0.130 e. The van der Waals surface area contributed by atoms with Gasteiger partial charge in [0.25, 0.3) is 0 Å². The highest BCUT2D eigenvalue weighted by Crippen LogP contribution is 2.13. The molecule has 70 valence electrons. The smallest absolute Gasteiger partial charge is 0.130 e. The van der Waals surface area contributed by atoms with E-state index in [1.54, 1.807) is 0 Å². The number of hydrogen-bond donors (Lipinski definition) is 1. The van der Waals surface area contributed by atoms with Crippen LogP contribution < -0.4 is 4.98 Å². The van der Waals surface area contributed by atoms with E-state index >= 15 is 0 Å². The summed E-state index contributed by atoms with van der Waals surface area (Å²) in [6, 6.07) is 2.82. The third kappa shape index (κ3) is 4.52. The molecule has 0 spiro atoms. The predicted molar refractivity (Wildman–Crippen MR) is 59.9 cm³/mol. The Morgan fingerprint density at radius 1 is 1.25 bits per heavy atom.